The topological polar surface area (TPSA) is 0 Å². The molecule has 0 N–H and O–H groups in total. The van der Waals surface area contributed by atoms with Crippen LogP contribution < -0.4 is 10.6 Å². The predicted molar refractivity (Wildman–Crippen MR) is 87.0 cm³/mol. The molecule has 3 rings (SSSR count). The molecule has 2 aromatic carbocycles. The number of thioether (sulfide) groups is 1. The summed E-state index contributed by atoms with van der Waals surface area (Å²) in [5.41, 5.74) is 0. The summed E-state index contributed by atoms with van der Waals surface area (Å²) in [6.45, 7) is 0. The molecule has 0 radical (unpaired) electrons. The van der Waals surface area contributed by atoms with Crippen molar-refractivity contribution in [2.24, 2.45) is 0 Å². The molecule has 18 heavy (non-hydrogen) atoms. The van der Waals surface area contributed by atoms with E-state index in [0.29, 0.717) is 0 Å². The third-order valence-corrected chi connectivity index (χ3v) is 5.06. The highest BCUT2D eigenvalue weighted by Crippen LogP contribution is 2.14. The quantitative estimate of drug-likeness (QED) is 0.750. The van der Waals surface area contributed by atoms with Gasteiger partial charge in [0.2, 0.25) is 0 Å². The van der Waals surface area contributed by atoms with Gasteiger partial charge in [-0.25, -0.2) is 0 Å². The van der Waals surface area contributed by atoms with E-state index in [1.54, 1.807) is 0 Å². The van der Waals surface area contributed by atoms with Gasteiger partial charge >= 0.3 is 0 Å². The van der Waals surface area contributed by atoms with Crippen LogP contribution in [0.2, 0.25) is 0 Å². The van der Waals surface area contributed by atoms with E-state index < -0.39 is 0 Å². The monoisotopic (exact) mass is 274 g/mol. The zero-order chi connectivity index (χ0) is 12.5. The molecule has 0 nitrogen and oxygen atoms in total. The van der Waals surface area contributed by atoms with E-state index in [4.69, 9.17) is 0 Å². The van der Waals surface area contributed by atoms with Crippen molar-refractivity contribution >= 4 is 31.0 Å². The summed E-state index contributed by atoms with van der Waals surface area (Å²) in [4.78, 5) is 0. The van der Waals surface area contributed by atoms with Crippen molar-refractivity contribution in [2.45, 2.75) is 12.8 Å². The smallest absolute Gasteiger partial charge is 0.00672 e. The van der Waals surface area contributed by atoms with Gasteiger partial charge in [-0.15, -0.1) is 0 Å². The van der Waals surface area contributed by atoms with E-state index in [1.807, 2.05) is 0 Å². The standard InChI is InChI=1S/C12H11P.C4H8S/c1-3-7-11(8-4-1)13-12-9-5-2-6-10-12;1-2-4-5-3-1/h1-10,13H;1-4H2. The van der Waals surface area contributed by atoms with E-state index in [-0.39, 0.29) is 0 Å². The zero-order valence-electron chi connectivity index (χ0n) is 10.5. The maximum Gasteiger partial charge on any atom is -0.00672 e. The largest absolute Gasteiger partial charge is 0.162 e. The fraction of sp³-hybridized carbons (Fsp3) is 0.250. The molecular formula is C16H19PS. The number of hydrogen-bond acceptors (Lipinski definition) is 1. The molecule has 0 atom stereocenters. The highest BCUT2D eigenvalue weighted by Gasteiger charge is 1.95. The maximum atomic E-state index is 2.17. The van der Waals surface area contributed by atoms with Crippen molar-refractivity contribution < 1.29 is 0 Å². The fourth-order valence-corrected chi connectivity index (χ4v) is 3.79. The average molecular weight is 274 g/mol. The third-order valence-electron chi connectivity index (χ3n) is 2.66. The summed E-state index contributed by atoms with van der Waals surface area (Å²) < 4.78 is 0. The lowest BCUT2D eigenvalue weighted by Crippen LogP contribution is -2.01. The zero-order valence-corrected chi connectivity index (χ0v) is 12.3. The summed E-state index contributed by atoms with van der Waals surface area (Å²) in [5, 5.41) is 2.79. The van der Waals surface area contributed by atoms with Gasteiger partial charge in [0.05, 0.1) is 0 Å². The van der Waals surface area contributed by atoms with Gasteiger partial charge in [0.1, 0.15) is 0 Å². The first-order valence-electron chi connectivity index (χ1n) is 6.40. The molecular weight excluding hydrogens is 255 g/mol. The molecule has 0 aromatic heterocycles. The van der Waals surface area contributed by atoms with Crippen LogP contribution in [0.15, 0.2) is 60.7 Å². The van der Waals surface area contributed by atoms with Crippen LogP contribution in [0.4, 0.5) is 0 Å². The summed E-state index contributed by atoms with van der Waals surface area (Å²) >= 11 is 2.07. The van der Waals surface area contributed by atoms with Crippen LogP contribution in [0.5, 0.6) is 0 Å². The molecule has 1 aliphatic rings. The number of rotatable bonds is 2. The van der Waals surface area contributed by atoms with Crippen LogP contribution in [-0.4, -0.2) is 11.5 Å². The Balaban J connectivity index is 0.000000202. The molecule has 0 amide bonds. The van der Waals surface area contributed by atoms with Crippen molar-refractivity contribution in [3.05, 3.63) is 60.7 Å². The van der Waals surface area contributed by atoms with E-state index >= 15 is 0 Å². The van der Waals surface area contributed by atoms with Gasteiger partial charge in [-0.3, -0.25) is 0 Å². The Morgan fingerprint density at radius 1 is 0.667 bits per heavy atom. The fourth-order valence-electron chi connectivity index (χ4n) is 1.72. The Morgan fingerprint density at radius 3 is 1.44 bits per heavy atom. The van der Waals surface area contributed by atoms with Gasteiger partial charge in [0, 0.05) is 0 Å². The Morgan fingerprint density at radius 2 is 1.11 bits per heavy atom. The minimum atomic E-state index is 0.777. The minimum Gasteiger partial charge on any atom is -0.162 e. The normalized spacial score (nSPS) is 13.8. The second-order valence-corrected chi connectivity index (χ2v) is 6.81. The summed E-state index contributed by atoms with van der Waals surface area (Å²) in [5.74, 6) is 2.83. The predicted octanol–water partition coefficient (Wildman–Crippen LogP) is 3.83. The lowest BCUT2D eigenvalue weighted by molar-refractivity contribution is 0.949. The SMILES string of the molecule is C1CCSC1.c1ccc(Pc2ccccc2)cc1. The Labute approximate surface area is 116 Å². The molecule has 1 aliphatic heterocycles. The summed E-state index contributed by atoms with van der Waals surface area (Å²) in [6.07, 6.45) is 2.93. The summed E-state index contributed by atoms with van der Waals surface area (Å²) in [7, 11) is 0.777. The van der Waals surface area contributed by atoms with Gasteiger partial charge in [0.25, 0.3) is 0 Å². The van der Waals surface area contributed by atoms with Crippen LogP contribution in [0.25, 0.3) is 0 Å². The third kappa shape index (κ3) is 5.25. The molecule has 0 saturated carbocycles. The van der Waals surface area contributed by atoms with Crippen molar-refractivity contribution in [2.75, 3.05) is 11.5 Å². The van der Waals surface area contributed by atoms with Crippen LogP contribution in [0, 0.1) is 0 Å². The first-order chi connectivity index (χ1) is 8.95. The van der Waals surface area contributed by atoms with Crippen LogP contribution in [0.3, 0.4) is 0 Å². The molecule has 0 aliphatic carbocycles. The highest BCUT2D eigenvalue weighted by atomic mass is 32.2. The molecule has 94 valence electrons. The molecule has 0 spiro atoms. The van der Waals surface area contributed by atoms with Crippen LogP contribution in [-0.2, 0) is 0 Å². The molecule has 1 heterocycles. The first-order valence-corrected chi connectivity index (χ1v) is 8.55. The lowest BCUT2D eigenvalue weighted by atomic mass is 10.4. The molecule has 1 saturated heterocycles. The van der Waals surface area contributed by atoms with E-state index in [1.165, 1.54) is 35.0 Å². The van der Waals surface area contributed by atoms with Gasteiger partial charge in [0.15, 0.2) is 0 Å². The number of benzene rings is 2. The Hall–Kier alpha value is -0.780. The second-order valence-electron chi connectivity index (χ2n) is 4.18. The van der Waals surface area contributed by atoms with Crippen molar-refractivity contribution in [3.8, 4) is 0 Å². The van der Waals surface area contributed by atoms with E-state index in [9.17, 15) is 0 Å². The van der Waals surface area contributed by atoms with Gasteiger partial charge in [-0.05, 0) is 35.0 Å². The van der Waals surface area contributed by atoms with Gasteiger partial charge < -0.3 is 0 Å². The Kier molecular flexibility index (Phi) is 6.33. The van der Waals surface area contributed by atoms with E-state index in [0.717, 1.165) is 8.58 Å². The van der Waals surface area contributed by atoms with Crippen molar-refractivity contribution in [3.63, 3.8) is 0 Å². The molecule has 1 fully saturated rings. The van der Waals surface area contributed by atoms with Crippen molar-refractivity contribution in [1.82, 2.24) is 0 Å². The van der Waals surface area contributed by atoms with E-state index in [2.05, 4.69) is 72.4 Å². The van der Waals surface area contributed by atoms with Crippen molar-refractivity contribution in [1.29, 1.82) is 0 Å². The second kappa shape index (κ2) is 8.34. The van der Waals surface area contributed by atoms with Crippen LogP contribution >= 0.6 is 20.3 Å². The molecule has 0 bridgehead atoms. The van der Waals surface area contributed by atoms with Crippen LogP contribution in [0.1, 0.15) is 12.8 Å². The Bertz CT molecular complexity index is 378. The molecule has 0 unspecified atom stereocenters. The maximum absolute atomic E-state index is 2.17. The van der Waals surface area contributed by atoms with Gasteiger partial charge in [-0.2, -0.15) is 11.8 Å². The number of hydrogen-bond donors (Lipinski definition) is 0. The molecule has 2 aromatic rings. The van der Waals surface area contributed by atoms with Gasteiger partial charge in [-0.1, -0.05) is 69.2 Å². The average Bonchev–Trinajstić information content (AvgIpc) is 3.00. The first kappa shape index (κ1) is 13.6. The highest BCUT2D eigenvalue weighted by molar-refractivity contribution is 7.99. The summed E-state index contributed by atoms with van der Waals surface area (Å²) in [6, 6.07) is 21.2. The molecule has 2 heteroatoms. The lowest BCUT2D eigenvalue weighted by Gasteiger charge is -2.00. The minimum absolute atomic E-state index is 0.777.